The van der Waals surface area contributed by atoms with E-state index >= 15 is 0 Å². The third-order valence-electron chi connectivity index (χ3n) is 3.77. The zero-order valence-corrected chi connectivity index (χ0v) is 11.8. The number of rotatable bonds is 1. The largest absolute Gasteiger partial charge is 0.234 e. The van der Waals surface area contributed by atoms with Gasteiger partial charge in [0.1, 0.15) is 10.7 Å². The van der Waals surface area contributed by atoms with E-state index in [0.29, 0.717) is 0 Å². The molecule has 2 aromatic carbocycles. The van der Waals surface area contributed by atoms with Crippen LogP contribution in [0.3, 0.4) is 0 Å². The normalized spacial score (nSPS) is 15.5. The fourth-order valence-corrected chi connectivity index (χ4v) is 3.77. The Bertz CT molecular complexity index is 1050. The smallest absolute Gasteiger partial charge is 0.145 e. The van der Waals surface area contributed by atoms with Crippen molar-refractivity contribution in [1.29, 1.82) is 0 Å². The summed E-state index contributed by atoms with van der Waals surface area (Å²) >= 11 is 1.67. The zero-order valence-electron chi connectivity index (χ0n) is 10.9. The van der Waals surface area contributed by atoms with Crippen LogP contribution < -0.4 is 10.4 Å². The lowest BCUT2D eigenvalue weighted by Crippen LogP contribution is -2.24. The molecule has 1 aliphatic carbocycles. The van der Waals surface area contributed by atoms with E-state index in [1.807, 2.05) is 24.3 Å². The standard InChI is InChI=1S/C17H9N3S/c1-2-6-11-10(5-1)9-13-15(11)16(20-19-13)17-18-12-7-3-4-8-14(12)21-17/h1-9H. The minimum absolute atomic E-state index is 0.896. The quantitative estimate of drug-likeness (QED) is 0.675. The maximum Gasteiger partial charge on any atom is 0.145 e. The first-order valence-electron chi connectivity index (χ1n) is 6.73. The molecule has 4 heteroatoms. The van der Waals surface area contributed by atoms with Crippen LogP contribution >= 0.6 is 11.3 Å². The molecular formula is C17H9N3S. The van der Waals surface area contributed by atoms with E-state index in [1.54, 1.807) is 11.3 Å². The van der Waals surface area contributed by atoms with Crippen molar-refractivity contribution in [3.63, 3.8) is 0 Å². The van der Waals surface area contributed by atoms with Crippen molar-refractivity contribution in [2.75, 3.05) is 0 Å². The molecule has 1 aliphatic heterocycles. The molecule has 0 saturated carbocycles. The Balaban J connectivity index is 1.78. The van der Waals surface area contributed by atoms with Gasteiger partial charge in [0.2, 0.25) is 0 Å². The predicted molar refractivity (Wildman–Crippen MR) is 87.2 cm³/mol. The Morgan fingerprint density at radius 2 is 1.71 bits per heavy atom. The molecule has 0 saturated heterocycles. The summed E-state index contributed by atoms with van der Waals surface area (Å²) in [6.07, 6.45) is 2.09. The minimum Gasteiger partial charge on any atom is -0.234 e. The molecular weight excluding hydrogens is 278 g/mol. The lowest BCUT2D eigenvalue weighted by Gasteiger charge is -1.97. The monoisotopic (exact) mass is 287 g/mol. The summed E-state index contributed by atoms with van der Waals surface area (Å²) in [6.45, 7) is 0. The van der Waals surface area contributed by atoms with Gasteiger partial charge >= 0.3 is 0 Å². The van der Waals surface area contributed by atoms with Crippen molar-refractivity contribution < 1.29 is 0 Å². The van der Waals surface area contributed by atoms with E-state index < -0.39 is 0 Å². The average Bonchev–Trinajstić information content (AvgIpc) is 3.19. The molecule has 2 aliphatic rings. The molecule has 2 heterocycles. The van der Waals surface area contributed by atoms with Gasteiger partial charge in [-0.3, -0.25) is 0 Å². The maximum absolute atomic E-state index is 4.71. The van der Waals surface area contributed by atoms with E-state index in [0.717, 1.165) is 27.5 Å². The van der Waals surface area contributed by atoms with Crippen molar-refractivity contribution in [2.24, 2.45) is 10.2 Å². The number of hydrogen-bond acceptors (Lipinski definition) is 4. The van der Waals surface area contributed by atoms with Crippen molar-refractivity contribution in [1.82, 2.24) is 4.98 Å². The highest BCUT2D eigenvalue weighted by molar-refractivity contribution is 7.21. The number of fused-ring (bicyclic) bond motifs is 3. The summed E-state index contributed by atoms with van der Waals surface area (Å²) in [5.41, 5.74) is 3.98. The first-order valence-corrected chi connectivity index (χ1v) is 7.55. The molecule has 5 rings (SSSR count). The Labute approximate surface area is 124 Å². The van der Waals surface area contributed by atoms with Crippen LogP contribution in [-0.2, 0) is 0 Å². The van der Waals surface area contributed by atoms with Crippen molar-refractivity contribution >= 4 is 44.6 Å². The predicted octanol–water partition coefficient (Wildman–Crippen LogP) is 2.10. The maximum atomic E-state index is 4.71. The molecule has 0 bridgehead atoms. The summed E-state index contributed by atoms with van der Waals surface area (Å²) in [4.78, 5) is 4.71. The molecule has 3 aromatic rings. The van der Waals surface area contributed by atoms with E-state index in [-0.39, 0.29) is 0 Å². The van der Waals surface area contributed by atoms with Crippen LogP contribution in [0.4, 0.5) is 0 Å². The topological polar surface area (TPSA) is 37.6 Å². The number of para-hydroxylation sites is 1. The molecule has 0 unspecified atom stereocenters. The van der Waals surface area contributed by atoms with Crippen molar-refractivity contribution in [3.8, 4) is 0 Å². The fourth-order valence-electron chi connectivity index (χ4n) is 2.81. The van der Waals surface area contributed by atoms with E-state index in [1.165, 1.54) is 15.1 Å². The molecule has 1 aromatic heterocycles. The number of benzene rings is 2. The number of aromatic nitrogens is 1. The van der Waals surface area contributed by atoms with E-state index in [2.05, 4.69) is 40.5 Å². The van der Waals surface area contributed by atoms with Crippen LogP contribution in [0.2, 0.25) is 0 Å². The van der Waals surface area contributed by atoms with Gasteiger partial charge in [-0.2, -0.15) is 0 Å². The first-order chi connectivity index (χ1) is 10.4. The molecule has 0 radical (unpaired) electrons. The SMILES string of the molecule is C1=c2ccccc2=C2C1=NN=C2c1nc2ccccc2s1. The van der Waals surface area contributed by atoms with Gasteiger partial charge < -0.3 is 0 Å². The number of hydrogen-bond donors (Lipinski definition) is 0. The van der Waals surface area contributed by atoms with Crippen LogP contribution in [0.25, 0.3) is 21.9 Å². The van der Waals surface area contributed by atoms with Gasteiger partial charge in [0.15, 0.2) is 0 Å². The molecule has 3 nitrogen and oxygen atoms in total. The van der Waals surface area contributed by atoms with Gasteiger partial charge in [-0.25, -0.2) is 4.98 Å². The Morgan fingerprint density at radius 3 is 2.67 bits per heavy atom. The second-order valence-corrected chi connectivity index (χ2v) is 6.06. The second-order valence-electron chi connectivity index (χ2n) is 5.03. The van der Waals surface area contributed by atoms with Crippen LogP contribution in [0.15, 0.2) is 58.7 Å². The van der Waals surface area contributed by atoms with Gasteiger partial charge in [-0.05, 0) is 28.6 Å². The highest BCUT2D eigenvalue weighted by Crippen LogP contribution is 2.27. The lowest BCUT2D eigenvalue weighted by molar-refractivity contribution is 1.27. The molecule has 0 spiro atoms. The van der Waals surface area contributed by atoms with Crippen molar-refractivity contribution in [3.05, 3.63) is 64.0 Å². The molecule has 98 valence electrons. The van der Waals surface area contributed by atoms with E-state index in [4.69, 9.17) is 4.98 Å². The molecule has 0 N–H and O–H groups in total. The van der Waals surface area contributed by atoms with Gasteiger partial charge in [-0.1, -0.05) is 36.4 Å². The summed E-state index contributed by atoms with van der Waals surface area (Å²) in [5, 5.41) is 12.0. The third-order valence-corrected chi connectivity index (χ3v) is 4.81. The van der Waals surface area contributed by atoms with Crippen LogP contribution in [0.5, 0.6) is 0 Å². The van der Waals surface area contributed by atoms with Crippen LogP contribution in [-0.4, -0.2) is 16.4 Å². The summed E-state index contributed by atoms with van der Waals surface area (Å²) in [7, 11) is 0. The lowest BCUT2D eigenvalue weighted by atomic mass is 10.1. The Morgan fingerprint density at radius 1 is 0.857 bits per heavy atom. The summed E-state index contributed by atoms with van der Waals surface area (Å²) in [5.74, 6) is 0. The van der Waals surface area contributed by atoms with Gasteiger partial charge in [0, 0.05) is 5.57 Å². The summed E-state index contributed by atoms with van der Waals surface area (Å²) in [6, 6.07) is 16.5. The van der Waals surface area contributed by atoms with Gasteiger partial charge in [-0.15, -0.1) is 21.5 Å². The van der Waals surface area contributed by atoms with Crippen molar-refractivity contribution in [2.45, 2.75) is 0 Å². The fraction of sp³-hybridized carbons (Fsp3) is 0. The molecule has 21 heavy (non-hydrogen) atoms. The summed E-state index contributed by atoms with van der Waals surface area (Å²) < 4.78 is 1.18. The third kappa shape index (κ3) is 1.51. The molecule has 0 amide bonds. The molecule has 0 fully saturated rings. The van der Waals surface area contributed by atoms with Gasteiger partial charge in [0.25, 0.3) is 0 Å². The second kappa shape index (κ2) is 3.96. The van der Waals surface area contributed by atoms with E-state index in [9.17, 15) is 0 Å². The molecule has 0 atom stereocenters. The zero-order chi connectivity index (χ0) is 13.8. The van der Waals surface area contributed by atoms with Crippen LogP contribution in [0.1, 0.15) is 5.01 Å². The number of nitrogens with zero attached hydrogens (tertiary/aromatic N) is 3. The van der Waals surface area contributed by atoms with Gasteiger partial charge in [0.05, 0.1) is 15.9 Å². The number of thiazole rings is 1. The first kappa shape index (κ1) is 11.1. The Hall–Kier alpha value is -2.59. The highest BCUT2D eigenvalue weighted by Gasteiger charge is 2.26. The Kier molecular flexibility index (Phi) is 2.10. The average molecular weight is 287 g/mol. The minimum atomic E-state index is 0.896. The highest BCUT2D eigenvalue weighted by atomic mass is 32.1. The van der Waals surface area contributed by atoms with Crippen LogP contribution in [0, 0.1) is 0 Å².